The Morgan fingerprint density at radius 3 is 2.82 bits per heavy atom. The van der Waals surface area contributed by atoms with Gasteiger partial charge < -0.3 is 5.32 Å². The number of nitrogens with one attached hydrogen (secondary N) is 1. The highest BCUT2D eigenvalue weighted by atomic mass is 32.2. The normalized spacial score (nSPS) is 20.8. The summed E-state index contributed by atoms with van der Waals surface area (Å²) in [5.41, 5.74) is 1.85. The molecule has 4 nitrogen and oxygen atoms in total. The van der Waals surface area contributed by atoms with Crippen LogP contribution in [0.1, 0.15) is 19.4 Å². The highest BCUT2D eigenvalue weighted by Gasteiger charge is 2.26. The SMILES string of the molecule is CCS(=O)(=O)N1CC(C)NCc2ccccc21. The van der Waals surface area contributed by atoms with Crippen LogP contribution in [-0.2, 0) is 16.6 Å². The van der Waals surface area contributed by atoms with E-state index >= 15 is 0 Å². The molecule has 1 unspecified atom stereocenters. The first-order valence-electron chi connectivity index (χ1n) is 5.86. The molecule has 1 aliphatic heterocycles. The number of para-hydroxylation sites is 1. The van der Waals surface area contributed by atoms with Crippen molar-refractivity contribution < 1.29 is 8.42 Å². The van der Waals surface area contributed by atoms with Crippen LogP contribution in [0, 0.1) is 0 Å². The highest BCUT2D eigenvalue weighted by Crippen LogP contribution is 2.25. The lowest BCUT2D eigenvalue weighted by atomic mass is 10.2. The molecule has 17 heavy (non-hydrogen) atoms. The van der Waals surface area contributed by atoms with Gasteiger partial charge in [-0.1, -0.05) is 18.2 Å². The van der Waals surface area contributed by atoms with E-state index in [9.17, 15) is 8.42 Å². The second-order valence-electron chi connectivity index (χ2n) is 4.34. The zero-order chi connectivity index (χ0) is 12.5. The second-order valence-corrected chi connectivity index (χ2v) is 6.52. The highest BCUT2D eigenvalue weighted by molar-refractivity contribution is 7.92. The average Bonchev–Trinajstić information content (AvgIpc) is 2.50. The Morgan fingerprint density at radius 2 is 2.12 bits per heavy atom. The van der Waals surface area contributed by atoms with Gasteiger partial charge in [0, 0.05) is 19.1 Å². The van der Waals surface area contributed by atoms with Gasteiger partial charge in [0.05, 0.1) is 11.4 Å². The van der Waals surface area contributed by atoms with Crippen molar-refractivity contribution in [2.45, 2.75) is 26.4 Å². The van der Waals surface area contributed by atoms with Gasteiger partial charge in [-0.15, -0.1) is 0 Å². The van der Waals surface area contributed by atoms with Crippen LogP contribution in [0.2, 0.25) is 0 Å². The Morgan fingerprint density at radius 1 is 1.41 bits per heavy atom. The molecule has 0 bridgehead atoms. The van der Waals surface area contributed by atoms with Gasteiger partial charge in [0.25, 0.3) is 0 Å². The Balaban J connectivity index is 2.50. The van der Waals surface area contributed by atoms with E-state index in [0.717, 1.165) is 11.3 Å². The molecule has 0 spiro atoms. The maximum Gasteiger partial charge on any atom is 0.234 e. The zero-order valence-electron chi connectivity index (χ0n) is 10.2. The minimum absolute atomic E-state index is 0.133. The van der Waals surface area contributed by atoms with Crippen LogP contribution in [0.4, 0.5) is 5.69 Å². The maximum absolute atomic E-state index is 12.1. The number of sulfonamides is 1. The van der Waals surface area contributed by atoms with Crippen molar-refractivity contribution in [3.63, 3.8) is 0 Å². The molecule has 0 aromatic heterocycles. The van der Waals surface area contributed by atoms with Gasteiger partial charge in [-0.25, -0.2) is 8.42 Å². The van der Waals surface area contributed by atoms with Gasteiger partial charge in [-0.2, -0.15) is 0 Å². The summed E-state index contributed by atoms with van der Waals surface area (Å²) < 4.78 is 25.8. The lowest BCUT2D eigenvalue weighted by Gasteiger charge is -2.25. The Bertz CT molecular complexity index is 499. The molecule has 1 atom stereocenters. The van der Waals surface area contributed by atoms with Crippen molar-refractivity contribution in [2.75, 3.05) is 16.6 Å². The average molecular weight is 254 g/mol. The number of anilines is 1. The van der Waals surface area contributed by atoms with Crippen LogP contribution in [0.5, 0.6) is 0 Å². The quantitative estimate of drug-likeness (QED) is 0.866. The van der Waals surface area contributed by atoms with Crippen molar-refractivity contribution >= 4 is 15.7 Å². The van der Waals surface area contributed by atoms with E-state index in [4.69, 9.17) is 0 Å². The van der Waals surface area contributed by atoms with Crippen LogP contribution in [0.3, 0.4) is 0 Å². The summed E-state index contributed by atoms with van der Waals surface area (Å²) >= 11 is 0. The third-order valence-electron chi connectivity index (χ3n) is 3.04. The number of hydrogen-bond acceptors (Lipinski definition) is 3. The molecule has 1 heterocycles. The minimum Gasteiger partial charge on any atom is -0.308 e. The van der Waals surface area contributed by atoms with E-state index < -0.39 is 10.0 Å². The third-order valence-corrected chi connectivity index (χ3v) is 4.79. The fourth-order valence-corrected chi connectivity index (χ4v) is 3.26. The molecule has 1 aromatic rings. The Kier molecular flexibility index (Phi) is 3.40. The van der Waals surface area contributed by atoms with Crippen LogP contribution >= 0.6 is 0 Å². The van der Waals surface area contributed by atoms with Crippen molar-refractivity contribution in [2.24, 2.45) is 0 Å². The van der Waals surface area contributed by atoms with Gasteiger partial charge in [-0.3, -0.25) is 4.31 Å². The van der Waals surface area contributed by atoms with Gasteiger partial charge in [-0.05, 0) is 25.5 Å². The smallest absolute Gasteiger partial charge is 0.234 e. The fraction of sp³-hybridized carbons (Fsp3) is 0.500. The van der Waals surface area contributed by atoms with Gasteiger partial charge in [0.1, 0.15) is 0 Å². The molecule has 94 valence electrons. The van der Waals surface area contributed by atoms with Crippen LogP contribution in [-0.4, -0.2) is 26.8 Å². The van der Waals surface area contributed by atoms with Crippen LogP contribution < -0.4 is 9.62 Å². The summed E-state index contributed by atoms with van der Waals surface area (Å²) in [5.74, 6) is 0.133. The lowest BCUT2D eigenvalue weighted by molar-refractivity contribution is 0.556. The van der Waals surface area contributed by atoms with Crippen molar-refractivity contribution in [1.29, 1.82) is 0 Å². The number of fused-ring (bicyclic) bond motifs is 1. The van der Waals surface area contributed by atoms with Gasteiger partial charge in [0.15, 0.2) is 0 Å². The van der Waals surface area contributed by atoms with E-state index in [1.807, 2.05) is 31.2 Å². The summed E-state index contributed by atoms with van der Waals surface area (Å²) in [6.07, 6.45) is 0. The molecule has 1 aliphatic rings. The van der Waals surface area contributed by atoms with E-state index in [-0.39, 0.29) is 11.8 Å². The molecule has 0 saturated heterocycles. The number of nitrogens with zero attached hydrogens (tertiary/aromatic N) is 1. The summed E-state index contributed by atoms with van der Waals surface area (Å²) in [4.78, 5) is 0. The van der Waals surface area contributed by atoms with E-state index in [1.165, 1.54) is 4.31 Å². The van der Waals surface area contributed by atoms with Crippen molar-refractivity contribution in [1.82, 2.24) is 5.32 Å². The molecule has 0 aliphatic carbocycles. The first-order chi connectivity index (χ1) is 8.04. The van der Waals surface area contributed by atoms with Gasteiger partial charge >= 0.3 is 0 Å². The molecule has 0 saturated carbocycles. The largest absolute Gasteiger partial charge is 0.308 e. The van der Waals surface area contributed by atoms with Crippen LogP contribution in [0.25, 0.3) is 0 Å². The molecule has 0 amide bonds. The summed E-state index contributed by atoms with van der Waals surface area (Å²) in [6, 6.07) is 7.82. The number of hydrogen-bond donors (Lipinski definition) is 1. The summed E-state index contributed by atoms with van der Waals surface area (Å²) in [6.45, 7) is 4.89. The van der Waals surface area contributed by atoms with Crippen LogP contribution in [0.15, 0.2) is 24.3 Å². The summed E-state index contributed by atoms with van der Waals surface area (Å²) in [5, 5.41) is 3.32. The van der Waals surface area contributed by atoms with Gasteiger partial charge in [0.2, 0.25) is 10.0 Å². The molecule has 1 aromatic carbocycles. The maximum atomic E-state index is 12.1. The molecule has 0 radical (unpaired) electrons. The molecule has 0 fully saturated rings. The van der Waals surface area contributed by atoms with E-state index in [2.05, 4.69) is 5.32 Å². The summed E-state index contributed by atoms with van der Waals surface area (Å²) in [7, 11) is -3.20. The van der Waals surface area contributed by atoms with E-state index in [0.29, 0.717) is 13.1 Å². The second kappa shape index (κ2) is 4.66. The van der Waals surface area contributed by atoms with Crippen molar-refractivity contribution in [3.05, 3.63) is 29.8 Å². The first-order valence-corrected chi connectivity index (χ1v) is 7.47. The Hall–Kier alpha value is -1.07. The Labute approximate surface area is 103 Å². The first kappa shape index (κ1) is 12.4. The topological polar surface area (TPSA) is 49.4 Å². The standard InChI is InChI=1S/C12H18N2O2S/c1-3-17(15,16)14-9-10(2)13-8-11-6-4-5-7-12(11)14/h4-7,10,13H,3,8-9H2,1-2H3. The molecule has 5 heteroatoms. The predicted octanol–water partition coefficient (Wildman–Crippen LogP) is 1.33. The molecular formula is C12H18N2O2S. The monoisotopic (exact) mass is 254 g/mol. The number of rotatable bonds is 2. The third kappa shape index (κ3) is 2.45. The minimum atomic E-state index is -3.20. The molecule has 2 rings (SSSR count). The van der Waals surface area contributed by atoms with Crippen molar-refractivity contribution in [3.8, 4) is 0 Å². The van der Waals surface area contributed by atoms with E-state index in [1.54, 1.807) is 6.92 Å². The zero-order valence-corrected chi connectivity index (χ0v) is 11.0. The molecular weight excluding hydrogens is 236 g/mol. The lowest BCUT2D eigenvalue weighted by Crippen LogP contribution is -2.40. The predicted molar refractivity (Wildman–Crippen MR) is 69.6 cm³/mol. The molecule has 1 N–H and O–H groups in total. The number of benzene rings is 1. The fourth-order valence-electron chi connectivity index (χ4n) is 2.02.